The van der Waals surface area contributed by atoms with Gasteiger partial charge in [-0.25, -0.2) is 4.39 Å². The van der Waals surface area contributed by atoms with Gasteiger partial charge in [0.05, 0.1) is 16.6 Å². The number of rotatable bonds is 4. The van der Waals surface area contributed by atoms with Gasteiger partial charge in [0.1, 0.15) is 5.82 Å². The van der Waals surface area contributed by atoms with Crippen molar-refractivity contribution in [2.75, 3.05) is 5.32 Å². The van der Waals surface area contributed by atoms with Crippen molar-refractivity contribution in [3.63, 3.8) is 0 Å². The standard InChI is InChI=1S/C22H18ClFN2OS/c1-12-10-28-11-18(12)14-4-3-5-16(6-14)25-13(2)17-7-15-8-19(23)20(24)9-21(15)26-22(17)27/h3-11,13,25H,1-2H3,(H,26,27)/t13-/m0/s1. The number of halogens is 2. The number of pyridine rings is 1. The Bertz CT molecular complexity index is 1230. The largest absolute Gasteiger partial charge is 0.378 e. The van der Waals surface area contributed by atoms with Gasteiger partial charge in [-0.15, -0.1) is 0 Å². The molecule has 0 fully saturated rings. The lowest BCUT2D eigenvalue weighted by Gasteiger charge is -2.16. The molecule has 0 unspecified atom stereocenters. The number of aromatic amines is 1. The number of benzene rings is 2. The van der Waals surface area contributed by atoms with Crippen LogP contribution in [0.25, 0.3) is 22.0 Å². The summed E-state index contributed by atoms with van der Waals surface area (Å²) in [5.74, 6) is -0.552. The van der Waals surface area contributed by atoms with Gasteiger partial charge in [0.2, 0.25) is 0 Å². The average Bonchev–Trinajstić information content (AvgIpc) is 3.09. The molecule has 28 heavy (non-hydrogen) atoms. The first kappa shape index (κ1) is 18.7. The molecule has 0 bridgehead atoms. The number of H-pyrrole nitrogens is 1. The van der Waals surface area contributed by atoms with E-state index in [-0.39, 0.29) is 16.6 Å². The molecule has 2 aromatic heterocycles. The third-order valence-electron chi connectivity index (χ3n) is 4.79. The zero-order valence-corrected chi connectivity index (χ0v) is 16.9. The molecule has 0 aliphatic carbocycles. The lowest BCUT2D eigenvalue weighted by atomic mass is 10.0. The SMILES string of the molecule is Cc1cscc1-c1cccc(N[C@@H](C)c2cc3cc(Cl)c(F)cc3[nH]c2=O)c1. The van der Waals surface area contributed by atoms with Crippen LogP contribution in [0.2, 0.25) is 5.02 Å². The quantitative estimate of drug-likeness (QED) is 0.400. The van der Waals surface area contributed by atoms with Crippen molar-refractivity contribution in [3.8, 4) is 11.1 Å². The molecule has 142 valence electrons. The first-order valence-electron chi connectivity index (χ1n) is 8.84. The molecular formula is C22H18ClFN2OS. The number of hydrogen-bond donors (Lipinski definition) is 2. The molecule has 6 heteroatoms. The smallest absolute Gasteiger partial charge is 0.253 e. The number of anilines is 1. The van der Waals surface area contributed by atoms with Gasteiger partial charge in [0, 0.05) is 16.6 Å². The summed E-state index contributed by atoms with van der Waals surface area (Å²) < 4.78 is 13.6. The molecule has 4 rings (SSSR count). The van der Waals surface area contributed by atoms with Crippen molar-refractivity contribution in [2.24, 2.45) is 0 Å². The summed E-state index contributed by atoms with van der Waals surface area (Å²) in [6.07, 6.45) is 0. The highest BCUT2D eigenvalue weighted by atomic mass is 35.5. The molecule has 0 saturated heterocycles. The molecule has 2 N–H and O–H groups in total. The van der Waals surface area contributed by atoms with Gasteiger partial charge >= 0.3 is 0 Å². The number of aromatic nitrogens is 1. The molecule has 0 spiro atoms. The zero-order chi connectivity index (χ0) is 19.8. The highest BCUT2D eigenvalue weighted by Crippen LogP contribution is 2.30. The predicted octanol–water partition coefficient (Wildman–Crippen LogP) is 6.53. The second-order valence-corrected chi connectivity index (χ2v) is 7.97. The highest BCUT2D eigenvalue weighted by molar-refractivity contribution is 7.08. The lowest BCUT2D eigenvalue weighted by Crippen LogP contribution is -2.19. The Balaban J connectivity index is 1.66. The maximum Gasteiger partial charge on any atom is 0.253 e. The molecule has 0 radical (unpaired) electrons. The van der Waals surface area contributed by atoms with Crippen LogP contribution < -0.4 is 10.9 Å². The molecule has 0 aliphatic heterocycles. The number of aryl methyl sites for hydroxylation is 1. The van der Waals surface area contributed by atoms with E-state index in [1.54, 1.807) is 17.4 Å². The van der Waals surface area contributed by atoms with E-state index >= 15 is 0 Å². The van der Waals surface area contributed by atoms with E-state index in [4.69, 9.17) is 11.6 Å². The lowest BCUT2D eigenvalue weighted by molar-refractivity contribution is 0.629. The summed E-state index contributed by atoms with van der Waals surface area (Å²) in [6, 6.07) is 12.4. The van der Waals surface area contributed by atoms with Crippen LogP contribution in [0.4, 0.5) is 10.1 Å². The van der Waals surface area contributed by atoms with Gasteiger partial charge < -0.3 is 10.3 Å². The first-order chi connectivity index (χ1) is 13.4. The van der Waals surface area contributed by atoms with Gasteiger partial charge in [-0.1, -0.05) is 23.7 Å². The van der Waals surface area contributed by atoms with Gasteiger partial charge in [-0.2, -0.15) is 11.3 Å². The van der Waals surface area contributed by atoms with Crippen molar-refractivity contribution in [2.45, 2.75) is 19.9 Å². The summed E-state index contributed by atoms with van der Waals surface area (Å²) in [6.45, 7) is 4.02. The van der Waals surface area contributed by atoms with Gasteiger partial charge in [-0.05, 0) is 71.6 Å². The zero-order valence-electron chi connectivity index (χ0n) is 15.3. The minimum Gasteiger partial charge on any atom is -0.378 e. The first-order valence-corrected chi connectivity index (χ1v) is 10.2. The molecule has 0 amide bonds. The molecule has 1 atom stereocenters. The predicted molar refractivity (Wildman–Crippen MR) is 116 cm³/mol. The van der Waals surface area contributed by atoms with E-state index in [1.165, 1.54) is 23.3 Å². The van der Waals surface area contributed by atoms with Gasteiger partial charge in [0.25, 0.3) is 5.56 Å². The highest BCUT2D eigenvalue weighted by Gasteiger charge is 2.13. The van der Waals surface area contributed by atoms with Crippen molar-refractivity contribution >= 4 is 39.5 Å². The van der Waals surface area contributed by atoms with E-state index in [0.717, 1.165) is 11.3 Å². The fourth-order valence-electron chi connectivity index (χ4n) is 3.30. The summed E-state index contributed by atoms with van der Waals surface area (Å²) in [4.78, 5) is 15.3. The van der Waals surface area contributed by atoms with Crippen LogP contribution in [-0.2, 0) is 0 Å². The summed E-state index contributed by atoms with van der Waals surface area (Å²) in [5, 5.41) is 8.37. The second-order valence-electron chi connectivity index (χ2n) is 6.82. The molecule has 2 heterocycles. The van der Waals surface area contributed by atoms with Crippen molar-refractivity contribution < 1.29 is 4.39 Å². The van der Waals surface area contributed by atoms with Crippen molar-refractivity contribution in [1.29, 1.82) is 0 Å². The van der Waals surface area contributed by atoms with E-state index in [1.807, 2.05) is 19.1 Å². The van der Waals surface area contributed by atoms with E-state index < -0.39 is 5.82 Å². The average molecular weight is 413 g/mol. The van der Waals surface area contributed by atoms with Crippen LogP contribution in [0.3, 0.4) is 0 Å². The molecule has 0 saturated carbocycles. The fraction of sp³-hybridized carbons (Fsp3) is 0.136. The van der Waals surface area contributed by atoms with Crippen molar-refractivity contribution in [3.05, 3.63) is 85.5 Å². The van der Waals surface area contributed by atoms with Gasteiger partial charge in [0.15, 0.2) is 0 Å². The maximum atomic E-state index is 13.6. The second kappa shape index (κ2) is 7.41. The third kappa shape index (κ3) is 3.55. The Hall–Kier alpha value is -2.63. The molecule has 4 aromatic rings. The van der Waals surface area contributed by atoms with E-state index in [0.29, 0.717) is 16.5 Å². The molecule has 3 nitrogen and oxygen atoms in total. The van der Waals surface area contributed by atoms with Crippen LogP contribution in [0, 0.1) is 12.7 Å². The Morgan fingerprint density at radius 1 is 1.18 bits per heavy atom. The van der Waals surface area contributed by atoms with Crippen molar-refractivity contribution in [1.82, 2.24) is 4.98 Å². The van der Waals surface area contributed by atoms with Crippen LogP contribution in [0.15, 0.2) is 58.0 Å². The summed E-state index contributed by atoms with van der Waals surface area (Å²) in [5.41, 5.74) is 5.24. The molecular weight excluding hydrogens is 395 g/mol. The van der Waals surface area contributed by atoms with Crippen LogP contribution >= 0.6 is 22.9 Å². The summed E-state index contributed by atoms with van der Waals surface area (Å²) in [7, 11) is 0. The Kier molecular flexibility index (Phi) is 4.96. The number of fused-ring (bicyclic) bond motifs is 1. The molecule has 0 aliphatic rings. The maximum absolute atomic E-state index is 13.6. The van der Waals surface area contributed by atoms with E-state index in [2.05, 4.69) is 40.1 Å². The minimum atomic E-state index is -0.552. The molecule has 2 aromatic carbocycles. The monoisotopic (exact) mass is 412 g/mol. The topological polar surface area (TPSA) is 44.9 Å². The number of thiophene rings is 1. The fourth-order valence-corrected chi connectivity index (χ4v) is 4.33. The number of hydrogen-bond acceptors (Lipinski definition) is 3. The summed E-state index contributed by atoms with van der Waals surface area (Å²) >= 11 is 7.57. The Labute approximate surface area is 170 Å². The Morgan fingerprint density at radius 2 is 2.00 bits per heavy atom. The van der Waals surface area contributed by atoms with Crippen LogP contribution in [0.5, 0.6) is 0 Å². The van der Waals surface area contributed by atoms with Gasteiger partial charge in [-0.3, -0.25) is 4.79 Å². The van der Waals surface area contributed by atoms with Crippen LogP contribution in [0.1, 0.15) is 24.1 Å². The van der Waals surface area contributed by atoms with Crippen LogP contribution in [-0.4, -0.2) is 4.98 Å². The number of nitrogens with one attached hydrogen (secondary N) is 2. The third-order valence-corrected chi connectivity index (χ3v) is 5.94. The Morgan fingerprint density at radius 3 is 2.75 bits per heavy atom. The minimum absolute atomic E-state index is 0.0324. The van der Waals surface area contributed by atoms with E-state index in [9.17, 15) is 9.18 Å². The normalized spacial score (nSPS) is 12.3.